The molecule has 28 heavy (non-hydrogen) atoms. The third kappa shape index (κ3) is 4.15. The molecule has 3 aromatic rings. The number of hydrogen-bond donors (Lipinski definition) is 0. The van der Waals surface area contributed by atoms with Crippen LogP contribution in [0.25, 0.3) is 10.9 Å². The summed E-state index contributed by atoms with van der Waals surface area (Å²) in [6.07, 6.45) is 4.18. The number of unbranched alkanes of at least 4 members (excludes halogenated alkanes) is 1. The molecule has 5 nitrogen and oxygen atoms in total. The molecule has 2 aromatic carbocycles. The number of aromatic nitrogens is 1. The van der Waals surface area contributed by atoms with Crippen molar-refractivity contribution in [2.75, 3.05) is 7.11 Å². The highest BCUT2D eigenvalue weighted by molar-refractivity contribution is 9.10. The van der Waals surface area contributed by atoms with Crippen molar-refractivity contribution in [3.63, 3.8) is 0 Å². The Hall–Kier alpha value is -2.12. The molecule has 1 aromatic heterocycles. The number of aryl methyl sites for hydroxylation is 2. The van der Waals surface area contributed by atoms with E-state index in [9.17, 15) is 13.2 Å². The Kier molecular flexibility index (Phi) is 6.25. The lowest BCUT2D eigenvalue weighted by Crippen LogP contribution is -2.11. The van der Waals surface area contributed by atoms with Crippen LogP contribution >= 0.6 is 15.9 Å². The van der Waals surface area contributed by atoms with Gasteiger partial charge in [0.15, 0.2) is 0 Å². The molecule has 0 amide bonds. The molecule has 0 unspecified atom stereocenters. The van der Waals surface area contributed by atoms with Crippen LogP contribution in [0.3, 0.4) is 0 Å². The van der Waals surface area contributed by atoms with E-state index in [1.807, 2.05) is 25.1 Å². The lowest BCUT2D eigenvalue weighted by Gasteiger charge is -2.08. The molecule has 0 radical (unpaired) electrons. The van der Waals surface area contributed by atoms with Gasteiger partial charge in [0.2, 0.25) is 0 Å². The minimum absolute atomic E-state index is 0.231. The summed E-state index contributed by atoms with van der Waals surface area (Å²) in [6, 6.07) is 12.4. The van der Waals surface area contributed by atoms with Crippen LogP contribution < -0.4 is 0 Å². The Morgan fingerprint density at radius 2 is 1.82 bits per heavy atom. The van der Waals surface area contributed by atoms with E-state index in [4.69, 9.17) is 0 Å². The number of nitrogens with zero attached hydrogens (tertiary/aromatic N) is 1. The minimum atomic E-state index is -3.70. The van der Waals surface area contributed by atoms with Gasteiger partial charge < -0.3 is 4.74 Å². The maximum atomic E-state index is 13.2. The number of rotatable bonds is 7. The number of methoxy groups -OCH3 is 1. The molecule has 1 heterocycles. The predicted molar refractivity (Wildman–Crippen MR) is 113 cm³/mol. The zero-order chi connectivity index (χ0) is 20.3. The smallest absolute Gasteiger partial charge is 0.305 e. The van der Waals surface area contributed by atoms with E-state index in [1.54, 1.807) is 30.5 Å². The van der Waals surface area contributed by atoms with Gasteiger partial charge in [-0.3, -0.25) is 4.79 Å². The molecular formula is C21H22BrNO4S. The molecule has 148 valence electrons. The van der Waals surface area contributed by atoms with Crippen molar-refractivity contribution >= 4 is 42.8 Å². The maximum absolute atomic E-state index is 13.2. The lowest BCUT2D eigenvalue weighted by molar-refractivity contribution is -0.140. The first-order valence-electron chi connectivity index (χ1n) is 9.02. The van der Waals surface area contributed by atoms with E-state index in [1.165, 1.54) is 11.1 Å². The first kappa shape index (κ1) is 20.6. The van der Waals surface area contributed by atoms with Crippen LogP contribution in [0.15, 0.2) is 58.0 Å². The highest BCUT2D eigenvalue weighted by Crippen LogP contribution is 2.32. The third-order valence-corrected chi connectivity index (χ3v) is 7.05. The van der Waals surface area contributed by atoms with Crippen LogP contribution in [0.1, 0.15) is 30.4 Å². The molecule has 0 bridgehead atoms. The van der Waals surface area contributed by atoms with E-state index in [0.29, 0.717) is 24.8 Å². The SMILES string of the molecule is COC(=O)CCCCc1cn(S(=O)(=O)c2ccc(C)cc2)c2cccc(Br)c12. The van der Waals surface area contributed by atoms with E-state index < -0.39 is 10.0 Å². The van der Waals surface area contributed by atoms with Gasteiger partial charge >= 0.3 is 5.97 Å². The topological polar surface area (TPSA) is 65.4 Å². The summed E-state index contributed by atoms with van der Waals surface area (Å²) in [5.41, 5.74) is 2.58. The van der Waals surface area contributed by atoms with Crippen LogP contribution in [0.2, 0.25) is 0 Å². The van der Waals surface area contributed by atoms with Gasteiger partial charge in [0, 0.05) is 22.5 Å². The lowest BCUT2D eigenvalue weighted by atomic mass is 10.1. The molecule has 7 heteroatoms. The number of ether oxygens (including phenoxy) is 1. The van der Waals surface area contributed by atoms with Gasteiger partial charge in [-0.2, -0.15) is 0 Å². The van der Waals surface area contributed by atoms with E-state index in [-0.39, 0.29) is 10.9 Å². The van der Waals surface area contributed by atoms with Crippen LogP contribution in [0.5, 0.6) is 0 Å². The van der Waals surface area contributed by atoms with Crippen molar-refractivity contribution in [2.45, 2.75) is 37.5 Å². The number of halogens is 1. The highest BCUT2D eigenvalue weighted by Gasteiger charge is 2.22. The Morgan fingerprint density at radius 1 is 1.11 bits per heavy atom. The molecular weight excluding hydrogens is 442 g/mol. The average Bonchev–Trinajstić information content (AvgIpc) is 3.06. The minimum Gasteiger partial charge on any atom is -0.469 e. The van der Waals surface area contributed by atoms with Crippen LogP contribution in [-0.2, 0) is 26.0 Å². The van der Waals surface area contributed by atoms with Crippen molar-refractivity contribution in [3.8, 4) is 0 Å². The molecule has 0 saturated heterocycles. The average molecular weight is 464 g/mol. The molecule has 0 aliphatic rings. The molecule has 0 fully saturated rings. The number of fused-ring (bicyclic) bond motifs is 1. The van der Waals surface area contributed by atoms with Gasteiger partial charge in [0.25, 0.3) is 10.0 Å². The molecule has 0 spiro atoms. The van der Waals surface area contributed by atoms with Crippen LogP contribution in [0, 0.1) is 6.92 Å². The third-order valence-electron chi connectivity index (χ3n) is 4.71. The summed E-state index contributed by atoms with van der Waals surface area (Å²) in [6.45, 7) is 1.92. The Labute approximate surface area is 173 Å². The fraction of sp³-hybridized carbons (Fsp3) is 0.286. The standard InChI is InChI=1S/C21H22BrNO4S/c1-15-10-12-17(13-11-15)28(25,26)23-14-16(6-3-4-9-20(24)27-2)21-18(22)7-5-8-19(21)23/h5,7-8,10-14H,3-4,6,9H2,1-2H3. The monoisotopic (exact) mass is 463 g/mol. The van der Waals surface area contributed by atoms with Gasteiger partial charge in [-0.25, -0.2) is 12.4 Å². The Morgan fingerprint density at radius 3 is 2.50 bits per heavy atom. The number of hydrogen-bond acceptors (Lipinski definition) is 4. The predicted octanol–water partition coefficient (Wildman–Crippen LogP) is 4.84. The zero-order valence-corrected chi connectivity index (χ0v) is 18.2. The summed E-state index contributed by atoms with van der Waals surface area (Å²) in [4.78, 5) is 11.5. The van der Waals surface area contributed by atoms with E-state index in [2.05, 4.69) is 20.7 Å². The fourth-order valence-electron chi connectivity index (χ4n) is 3.19. The molecule has 0 saturated carbocycles. The summed E-state index contributed by atoms with van der Waals surface area (Å²) < 4.78 is 33.3. The molecule has 0 atom stereocenters. The van der Waals surface area contributed by atoms with E-state index >= 15 is 0 Å². The molecule has 3 rings (SSSR count). The number of esters is 1. The second kappa shape index (κ2) is 8.49. The normalized spacial score (nSPS) is 11.7. The van der Waals surface area contributed by atoms with Gasteiger partial charge in [-0.1, -0.05) is 39.7 Å². The van der Waals surface area contributed by atoms with Crippen molar-refractivity contribution in [2.24, 2.45) is 0 Å². The number of carbonyl (C=O) groups is 1. The summed E-state index contributed by atoms with van der Waals surface area (Å²) in [7, 11) is -2.33. The second-order valence-corrected chi connectivity index (χ2v) is 9.35. The fourth-order valence-corrected chi connectivity index (χ4v) is 5.18. The Bertz CT molecular complexity index is 1100. The van der Waals surface area contributed by atoms with Crippen LogP contribution in [0.4, 0.5) is 0 Å². The molecule has 0 aliphatic carbocycles. The number of carbonyl (C=O) groups excluding carboxylic acids is 1. The van der Waals surface area contributed by atoms with Crippen molar-refractivity contribution in [3.05, 3.63) is 64.3 Å². The van der Waals surface area contributed by atoms with Gasteiger partial charge in [0.1, 0.15) is 0 Å². The zero-order valence-electron chi connectivity index (χ0n) is 15.8. The highest BCUT2D eigenvalue weighted by atomic mass is 79.9. The van der Waals surface area contributed by atoms with Gasteiger partial charge in [0.05, 0.1) is 17.5 Å². The summed E-state index contributed by atoms with van der Waals surface area (Å²) in [5.74, 6) is -0.231. The van der Waals surface area contributed by atoms with Crippen molar-refractivity contribution in [1.29, 1.82) is 0 Å². The largest absolute Gasteiger partial charge is 0.469 e. The van der Waals surface area contributed by atoms with Crippen molar-refractivity contribution in [1.82, 2.24) is 3.97 Å². The van der Waals surface area contributed by atoms with Gasteiger partial charge in [-0.05, 0) is 56.0 Å². The van der Waals surface area contributed by atoms with Gasteiger partial charge in [-0.15, -0.1) is 0 Å². The maximum Gasteiger partial charge on any atom is 0.305 e. The summed E-state index contributed by atoms with van der Waals surface area (Å²) >= 11 is 3.55. The Balaban J connectivity index is 1.98. The van der Waals surface area contributed by atoms with E-state index in [0.717, 1.165) is 27.4 Å². The molecule has 0 N–H and O–H groups in total. The first-order chi connectivity index (χ1) is 13.3. The van der Waals surface area contributed by atoms with Crippen LogP contribution in [-0.4, -0.2) is 25.5 Å². The summed E-state index contributed by atoms with van der Waals surface area (Å²) in [5, 5.41) is 0.885. The first-order valence-corrected chi connectivity index (χ1v) is 11.3. The van der Waals surface area contributed by atoms with Crippen molar-refractivity contribution < 1.29 is 17.9 Å². The number of benzene rings is 2. The molecule has 0 aliphatic heterocycles. The quantitative estimate of drug-likeness (QED) is 0.371. The second-order valence-electron chi connectivity index (χ2n) is 6.69.